The fraction of sp³-hybridized carbons (Fsp3) is 0. The maximum absolute atomic E-state index is 12.0. The van der Waals surface area contributed by atoms with Crippen LogP contribution in [0, 0.1) is 0 Å². The Morgan fingerprint density at radius 1 is 1.05 bits per heavy atom. The number of hydrogen-bond donors (Lipinski definition) is 0. The summed E-state index contributed by atoms with van der Waals surface area (Å²) >= 11 is 1.48. The molecule has 0 saturated heterocycles. The second-order valence-electron chi connectivity index (χ2n) is 4.14. The third kappa shape index (κ3) is 1.52. The van der Waals surface area contributed by atoms with Gasteiger partial charge in [-0.3, -0.25) is 0 Å². The molecule has 0 aliphatic heterocycles. The quantitative estimate of drug-likeness (QED) is 0.532. The van der Waals surface area contributed by atoms with E-state index in [0.29, 0.717) is 10.7 Å². The molecule has 0 unspecified atom stereocenters. The zero-order chi connectivity index (χ0) is 12.8. The number of hydrogen-bond acceptors (Lipinski definition) is 4. The molecule has 2 heterocycles. The summed E-state index contributed by atoms with van der Waals surface area (Å²) in [6, 6.07) is 15.2. The van der Waals surface area contributed by atoms with Gasteiger partial charge in [0.25, 0.3) is 0 Å². The van der Waals surface area contributed by atoms with Gasteiger partial charge in [0.05, 0.1) is 15.7 Å². The Morgan fingerprint density at radius 3 is 2.74 bits per heavy atom. The van der Waals surface area contributed by atoms with Gasteiger partial charge in [-0.15, -0.1) is 0 Å². The summed E-state index contributed by atoms with van der Waals surface area (Å²) in [5.41, 5.74) is 2.21. The standard InChI is InChI=1S/C14H8N2O2S/c17-14-16(10-6-2-3-7-11(10)18-14)13-15-9-5-1-4-8-12(9)19-13/h1-8H. The van der Waals surface area contributed by atoms with Crippen LogP contribution in [0.25, 0.3) is 26.4 Å². The highest BCUT2D eigenvalue weighted by atomic mass is 32.1. The summed E-state index contributed by atoms with van der Waals surface area (Å²) in [4.78, 5) is 16.5. The van der Waals surface area contributed by atoms with E-state index in [1.807, 2.05) is 42.5 Å². The smallest absolute Gasteiger partial charge is 0.407 e. The summed E-state index contributed by atoms with van der Waals surface area (Å²) < 4.78 is 7.79. The van der Waals surface area contributed by atoms with E-state index < -0.39 is 5.76 Å². The fourth-order valence-corrected chi connectivity index (χ4v) is 3.07. The molecular formula is C14H8N2O2S. The molecular weight excluding hydrogens is 260 g/mol. The van der Waals surface area contributed by atoms with Crippen molar-refractivity contribution in [1.82, 2.24) is 9.55 Å². The lowest BCUT2D eigenvalue weighted by Crippen LogP contribution is -2.11. The van der Waals surface area contributed by atoms with Crippen molar-refractivity contribution in [3.05, 3.63) is 59.1 Å². The number of thiazole rings is 1. The summed E-state index contributed by atoms with van der Waals surface area (Å²) in [6.45, 7) is 0. The fourth-order valence-electron chi connectivity index (χ4n) is 2.10. The van der Waals surface area contributed by atoms with E-state index in [1.54, 1.807) is 6.07 Å². The predicted molar refractivity (Wildman–Crippen MR) is 75.0 cm³/mol. The number of nitrogens with zero attached hydrogens (tertiary/aromatic N) is 2. The molecule has 2 aromatic carbocycles. The normalized spacial score (nSPS) is 11.4. The van der Waals surface area contributed by atoms with Crippen LogP contribution in [0.3, 0.4) is 0 Å². The number of aromatic nitrogens is 2. The van der Waals surface area contributed by atoms with Gasteiger partial charge in [0.2, 0.25) is 5.13 Å². The summed E-state index contributed by atoms with van der Waals surface area (Å²) in [5.74, 6) is -0.403. The molecule has 4 aromatic rings. The second-order valence-corrected chi connectivity index (χ2v) is 5.14. The minimum Gasteiger partial charge on any atom is -0.407 e. The van der Waals surface area contributed by atoms with Gasteiger partial charge < -0.3 is 4.42 Å². The van der Waals surface area contributed by atoms with E-state index in [0.717, 1.165) is 15.7 Å². The molecule has 0 N–H and O–H groups in total. The van der Waals surface area contributed by atoms with E-state index in [-0.39, 0.29) is 0 Å². The minimum atomic E-state index is -0.403. The van der Waals surface area contributed by atoms with Gasteiger partial charge in [-0.25, -0.2) is 14.3 Å². The van der Waals surface area contributed by atoms with Crippen molar-refractivity contribution in [2.75, 3.05) is 0 Å². The Morgan fingerprint density at radius 2 is 1.84 bits per heavy atom. The molecule has 2 aromatic heterocycles. The third-order valence-corrected chi connectivity index (χ3v) is 3.98. The van der Waals surface area contributed by atoms with Crippen molar-refractivity contribution < 1.29 is 4.42 Å². The van der Waals surface area contributed by atoms with Gasteiger partial charge in [0, 0.05) is 0 Å². The number of fused-ring (bicyclic) bond motifs is 2. The number of para-hydroxylation sites is 3. The Hall–Kier alpha value is -2.40. The van der Waals surface area contributed by atoms with Crippen molar-refractivity contribution in [2.24, 2.45) is 0 Å². The largest absolute Gasteiger partial charge is 0.426 e. The molecule has 5 heteroatoms. The molecule has 0 spiro atoms. The van der Waals surface area contributed by atoms with Gasteiger partial charge in [0.1, 0.15) is 0 Å². The van der Waals surface area contributed by atoms with Gasteiger partial charge in [-0.1, -0.05) is 35.6 Å². The van der Waals surface area contributed by atoms with Gasteiger partial charge in [-0.05, 0) is 24.3 Å². The first kappa shape index (κ1) is 10.5. The average Bonchev–Trinajstić information content (AvgIpc) is 2.97. The van der Waals surface area contributed by atoms with Crippen molar-refractivity contribution in [3.8, 4) is 5.13 Å². The van der Waals surface area contributed by atoms with E-state index in [9.17, 15) is 4.79 Å². The molecule has 0 aliphatic carbocycles. The van der Waals surface area contributed by atoms with Crippen molar-refractivity contribution in [1.29, 1.82) is 0 Å². The van der Waals surface area contributed by atoms with Crippen LogP contribution in [0.5, 0.6) is 0 Å². The molecule has 0 atom stereocenters. The minimum absolute atomic E-state index is 0.403. The molecule has 0 saturated carbocycles. The monoisotopic (exact) mass is 268 g/mol. The van der Waals surface area contributed by atoms with E-state index in [1.165, 1.54) is 15.9 Å². The molecule has 4 nitrogen and oxygen atoms in total. The summed E-state index contributed by atoms with van der Waals surface area (Å²) in [7, 11) is 0. The molecule has 4 rings (SSSR count). The highest BCUT2D eigenvalue weighted by Crippen LogP contribution is 2.26. The van der Waals surface area contributed by atoms with Crippen molar-refractivity contribution in [3.63, 3.8) is 0 Å². The zero-order valence-corrected chi connectivity index (χ0v) is 10.6. The first-order chi connectivity index (χ1) is 9.33. The average molecular weight is 268 g/mol. The van der Waals surface area contributed by atoms with Crippen molar-refractivity contribution in [2.45, 2.75) is 0 Å². The van der Waals surface area contributed by atoms with Crippen LogP contribution >= 0.6 is 11.3 Å². The van der Waals surface area contributed by atoms with Crippen LogP contribution in [0.1, 0.15) is 0 Å². The molecule has 0 aliphatic rings. The van der Waals surface area contributed by atoms with Crippen molar-refractivity contribution >= 4 is 32.7 Å². The lowest BCUT2D eigenvalue weighted by molar-refractivity contribution is 0.540. The first-order valence-corrected chi connectivity index (χ1v) is 6.61. The van der Waals surface area contributed by atoms with Crippen LogP contribution in [0.2, 0.25) is 0 Å². The Kier molecular flexibility index (Phi) is 2.10. The predicted octanol–water partition coefficient (Wildman–Crippen LogP) is 3.19. The van der Waals surface area contributed by atoms with Crippen LogP contribution in [-0.4, -0.2) is 9.55 Å². The summed E-state index contributed by atoms with van der Waals surface area (Å²) in [6.07, 6.45) is 0. The van der Waals surface area contributed by atoms with Crippen LogP contribution in [0.15, 0.2) is 57.7 Å². The number of oxazole rings is 1. The highest BCUT2D eigenvalue weighted by Gasteiger charge is 2.14. The Balaban J connectivity index is 2.09. The molecule has 92 valence electrons. The molecule has 0 amide bonds. The molecule has 19 heavy (non-hydrogen) atoms. The Labute approximate surface area is 111 Å². The van der Waals surface area contributed by atoms with E-state index in [4.69, 9.17) is 4.42 Å². The molecule has 0 fully saturated rings. The SMILES string of the molecule is O=c1oc2ccccc2n1-c1nc2ccccc2s1. The number of rotatable bonds is 1. The number of benzene rings is 2. The maximum atomic E-state index is 12.0. The molecule has 0 bridgehead atoms. The van der Waals surface area contributed by atoms with Gasteiger partial charge in [0.15, 0.2) is 5.58 Å². The second kappa shape index (κ2) is 3.80. The molecule has 0 radical (unpaired) electrons. The summed E-state index contributed by atoms with van der Waals surface area (Å²) in [5, 5.41) is 0.635. The Bertz CT molecular complexity index is 916. The van der Waals surface area contributed by atoms with Crippen LogP contribution in [0.4, 0.5) is 0 Å². The van der Waals surface area contributed by atoms with Gasteiger partial charge >= 0.3 is 5.76 Å². The highest BCUT2D eigenvalue weighted by molar-refractivity contribution is 7.20. The zero-order valence-electron chi connectivity index (χ0n) is 9.74. The third-order valence-electron chi connectivity index (χ3n) is 2.96. The van der Waals surface area contributed by atoms with Crippen LogP contribution < -0.4 is 5.76 Å². The maximum Gasteiger partial charge on any atom is 0.426 e. The first-order valence-electron chi connectivity index (χ1n) is 5.79. The van der Waals surface area contributed by atoms with Gasteiger partial charge in [-0.2, -0.15) is 0 Å². The van der Waals surface area contributed by atoms with Crippen LogP contribution in [-0.2, 0) is 0 Å². The van der Waals surface area contributed by atoms with E-state index >= 15 is 0 Å². The topological polar surface area (TPSA) is 48.0 Å². The lowest BCUT2D eigenvalue weighted by Gasteiger charge is -1.94. The lowest BCUT2D eigenvalue weighted by atomic mass is 10.3. The van der Waals surface area contributed by atoms with E-state index in [2.05, 4.69) is 4.98 Å².